The molecule has 0 heterocycles. The first kappa shape index (κ1) is 31.2. The summed E-state index contributed by atoms with van der Waals surface area (Å²) in [4.78, 5) is 28.1. The second-order valence-corrected chi connectivity index (χ2v) is 12.0. The first-order chi connectivity index (χ1) is 20.6. The van der Waals surface area contributed by atoms with Crippen molar-refractivity contribution in [2.24, 2.45) is 0 Å². The van der Waals surface area contributed by atoms with E-state index in [9.17, 15) is 22.4 Å². The number of nitrogens with zero attached hydrogens (tertiary/aromatic N) is 2. The lowest BCUT2D eigenvalue weighted by Gasteiger charge is -2.32. The van der Waals surface area contributed by atoms with Crippen molar-refractivity contribution in [1.29, 1.82) is 0 Å². The molecule has 10 heteroatoms. The molecule has 0 spiro atoms. The van der Waals surface area contributed by atoms with Crippen LogP contribution in [0.3, 0.4) is 0 Å². The number of nitrogens with one attached hydrogen (secondary N) is 1. The van der Waals surface area contributed by atoms with Crippen molar-refractivity contribution in [1.82, 2.24) is 10.2 Å². The predicted molar refractivity (Wildman–Crippen MR) is 164 cm³/mol. The van der Waals surface area contributed by atoms with E-state index in [-0.39, 0.29) is 28.7 Å². The third kappa shape index (κ3) is 7.98. The minimum atomic E-state index is -4.23. The molecule has 2 amide bonds. The maximum Gasteiger partial charge on any atom is 0.264 e. The van der Waals surface area contributed by atoms with E-state index in [1.807, 2.05) is 18.2 Å². The molecule has 0 fully saturated rings. The fourth-order valence-corrected chi connectivity index (χ4v) is 5.79. The number of amides is 2. The molecule has 4 aromatic rings. The van der Waals surface area contributed by atoms with Crippen molar-refractivity contribution in [2.75, 3.05) is 10.8 Å². The Bertz CT molecular complexity index is 1630. The standard InChI is InChI=1S/C33H34FN3O5S/c1-24(2)35-33(39)25(3)36(22-26-12-10-11-17-31(26)34)32(38)23-37(43(40,41)30-15-8-5-9-16-30)27-18-20-29(21-19-27)42-28-13-6-4-7-14-28/h4-21,24-25H,22-23H2,1-3H3,(H,35,39)/t25-/m0/s1. The number of para-hydroxylation sites is 1. The van der Waals surface area contributed by atoms with Crippen LogP contribution in [-0.2, 0) is 26.2 Å². The molecule has 4 aromatic carbocycles. The monoisotopic (exact) mass is 603 g/mol. The van der Waals surface area contributed by atoms with Crippen LogP contribution >= 0.6 is 0 Å². The fourth-order valence-electron chi connectivity index (χ4n) is 4.35. The van der Waals surface area contributed by atoms with Gasteiger partial charge in [0.15, 0.2) is 0 Å². The summed E-state index contributed by atoms with van der Waals surface area (Å²) in [6, 6.07) is 27.9. The van der Waals surface area contributed by atoms with E-state index in [1.165, 1.54) is 42.2 Å². The van der Waals surface area contributed by atoms with Crippen molar-refractivity contribution in [3.05, 3.63) is 121 Å². The Hall–Kier alpha value is -4.70. The van der Waals surface area contributed by atoms with Gasteiger partial charge in [0.1, 0.15) is 29.9 Å². The van der Waals surface area contributed by atoms with Crippen LogP contribution in [0.2, 0.25) is 0 Å². The summed E-state index contributed by atoms with van der Waals surface area (Å²) >= 11 is 0. The minimum absolute atomic E-state index is 0.0151. The van der Waals surface area contributed by atoms with Gasteiger partial charge in [-0.2, -0.15) is 0 Å². The van der Waals surface area contributed by atoms with Crippen molar-refractivity contribution in [3.63, 3.8) is 0 Å². The van der Waals surface area contributed by atoms with Crippen LogP contribution in [0, 0.1) is 5.82 Å². The molecule has 1 N–H and O–H groups in total. The highest BCUT2D eigenvalue weighted by Gasteiger charge is 2.33. The summed E-state index contributed by atoms with van der Waals surface area (Å²) < 4.78 is 49.3. The number of ether oxygens (including phenoxy) is 1. The number of halogens is 1. The Morgan fingerprint density at radius 2 is 1.35 bits per heavy atom. The smallest absolute Gasteiger partial charge is 0.264 e. The van der Waals surface area contributed by atoms with Crippen molar-refractivity contribution in [3.8, 4) is 11.5 Å². The molecule has 1 atom stereocenters. The van der Waals surface area contributed by atoms with Gasteiger partial charge in [-0.15, -0.1) is 0 Å². The Kier molecular flexibility index (Phi) is 10.2. The molecule has 0 saturated heterocycles. The largest absolute Gasteiger partial charge is 0.457 e. The van der Waals surface area contributed by atoms with Crippen LogP contribution in [0.1, 0.15) is 26.3 Å². The lowest BCUT2D eigenvalue weighted by molar-refractivity contribution is -0.139. The topological polar surface area (TPSA) is 96.0 Å². The van der Waals surface area contributed by atoms with E-state index < -0.39 is 40.2 Å². The van der Waals surface area contributed by atoms with E-state index in [2.05, 4.69) is 5.32 Å². The average molecular weight is 604 g/mol. The number of sulfonamides is 1. The number of anilines is 1. The number of hydrogen-bond acceptors (Lipinski definition) is 5. The normalized spacial score (nSPS) is 11.9. The minimum Gasteiger partial charge on any atom is -0.457 e. The Balaban J connectivity index is 1.70. The van der Waals surface area contributed by atoms with Crippen LogP contribution in [0.4, 0.5) is 10.1 Å². The third-order valence-corrected chi connectivity index (χ3v) is 8.40. The summed E-state index contributed by atoms with van der Waals surface area (Å²) in [7, 11) is -4.23. The van der Waals surface area contributed by atoms with Gasteiger partial charge in [0.2, 0.25) is 11.8 Å². The number of benzene rings is 4. The average Bonchev–Trinajstić information content (AvgIpc) is 3.00. The van der Waals surface area contributed by atoms with Crippen LogP contribution in [-0.4, -0.2) is 43.8 Å². The zero-order valence-electron chi connectivity index (χ0n) is 24.2. The highest BCUT2D eigenvalue weighted by molar-refractivity contribution is 7.92. The van der Waals surface area contributed by atoms with Crippen LogP contribution in [0.15, 0.2) is 114 Å². The molecule has 0 aliphatic carbocycles. The lowest BCUT2D eigenvalue weighted by Crippen LogP contribution is -2.52. The quantitative estimate of drug-likeness (QED) is 0.222. The summed E-state index contributed by atoms with van der Waals surface area (Å²) in [6.45, 7) is 4.23. The lowest BCUT2D eigenvalue weighted by atomic mass is 10.1. The number of carbonyl (C=O) groups is 2. The van der Waals surface area contributed by atoms with Crippen molar-refractivity contribution >= 4 is 27.5 Å². The maximum atomic E-state index is 14.7. The summed E-state index contributed by atoms with van der Waals surface area (Å²) in [5.41, 5.74) is 0.405. The molecule has 0 bridgehead atoms. The molecule has 0 aliphatic rings. The first-order valence-corrected chi connectivity index (χ1v) is 15.2. The summed E-state index contributed by atoms with van der Waals surface area (Å²) in [5.74, 6) is -0.590. The van der Waals surface area contributed by atoms with E-state index in [0.717, 1.165) is 4.31 Å². The van der Waals surface area contributed by atoms with Crippen LogP contribution in [0.5, 0.6) is 11.5 Å². The Labute approximate surface area is 251 Å². The van der Waals surface area contributed by atoms with Gasteiger partial charge in [0.05, 0.1) is 10.6 Å². The van der Waals surface area contributed by atoms with E-state index in [1.54, 1.807) is 74.5 Å². The van der Waals surface area contributed by atoms with Gasteiger partial charge in [-0.3, -0.25) is 13.9 Å². The molecular formula is C33H34FN3O5S. The Morgan fingerprint density at radius 1 is 0.791 bits per heavy atom. The van der Waals surface area contributed by atoms with Gasteiger partial charge >= 0.3 is 0 Å². The molecular weight excluding hydrogens is 569 g/mol. The third-order valence-electron chi connectivity index (χ3n) is 6.61. The van der Waals surface area contributed by atoms with E-state index in [0.29, 0.717) is 11.5 Å². The number of carbonyl (C=O) groups excluding carboxylic acids is 2. The molecule has 0 aliphatic heterocycles. The van der Waals surface area contributed by atoms with Gasteiger partial charge in [0.25, 0.3) is 10.0 Å². The Morgan fingerprint density at radius 3 is 1.95 bits per heavy atom. The molecule has 0 unspecified atom stereocenters. The van der Waals surface area contributed by atoms with Gasteiger partial charge in [-0.1, -0.05) is 54.6 Å². The highest BCUT2D eigenvalue weighted by atomic mass is 32.2. The molecule has 4 rings (SSSR count). The van der Waals surface area contributed by atoms with Gasteiger partial charge < -0.3 is 15.0 Å². The molecule has 0 saturated carbocycles. The zero-order chi connectivity index (χ0) is 31.0. The fraction of sp³-hybridized carbons (Fsp3) is 0.212. The van der Waals surface area contributed by atoms with E-state index >= 15 is 0 Å². The van der Waals surface area contributed by atoms with Gasteiger partial charge in [-0.05, 0) is 75.4 Å². The first-order valence-electron chi connectivity index (χ1n) is 13.8. The van der Waals surface area contributed by atoms with Crippen molar-refractivity contribution < 1.29 is 27.1 Å². The maximum absolute atomic E-state index is 14.7. The van der Waals surface area contributed by atoms with E-state index in [4.69, 9.17) is 4.74 Å². The van der Waals surface area contributed by atoms with Crippen molar-refractivity contribution in [2.45, 2.75) is 44.3 Å². The predicted octanol–water partition coefficient (Wildman–Crippen LogP) is 5.76. The second-order valence-electron chi connectivity index (χ2n) is 10.2. The van der Waals surface area contributed by atoms with Crippen LogP contribution < -0.4 is 14.4 Å². The summed E-state index contributed by atoms with van der Waals surface area (Å²) in [6.07, 6.45) is 0. The molecule has 8 nitrogen and oxygen atoms in total. The SMILES string of the molecule is CC(C)NC(=O)[C@H](C)N(Cc1ccccc1F)C(=O)CN(c1ccc(Oc2ccccc2)cc1)S(=O)(=O)c1ccccc1. The van der Waals surface area contributed by atoms with Gasteiger partial charge in [-0.25, -0.2) is 12.8 Å². The molecule has 224 valence electrons. The van der Waals surface area contributed by atoms with Gasteiger partial charge in [0, 0.05) is 18.2 Å². The number of hydrogen-bond donors (Lipinski definition) is 1. The van der Waals surface area contributed by atoms with Crippen LogP contribution in [0.25, 0.3) is 0 Å². The number of rotatable bonds is 12. The zero-order valence-corrected chi connectivity index (χ0v) is 25.0. The second kappa shape index (κ2) is 14.0. The molecule has 43 heavy (non-hydrogen) atoms. The molecule has 0 radical (unpaired) electrons. The summed E-state index contributed by atoms with van der Waals surface area (Å²) in [5, 5.41) is 2.77. The molecule has 0 aromatic heterocycles. The highest BCUT2D eigenvalue weighted by Crippen LogP contribution is 2.28.